The van der Waals surface area contributed by atoms with Gasteiger partial charge in [0, 0.05) is 52.9 Å². The van der Waals surface area contributed by atoms with E-state index in [0.29, 0.717) is 0 Å². The van der Waals surface area contributed by atoms with Crippen molar-refractivity contribution in [2.24, 2.45) is 10.9 Å². The first-order valence-electron chi connectivity index (χ1n) is 11.1. The fraction of sp³-hybridized carbons (Fsp3) is 0.542. The Morgan fingerprint density at radius 3 is 2.62 bits per heavy atom. The number of fused-ring (bicyclic) bond motifs is 1. The molecule has 0 radical (unpaired) electrons. The van der Waals surface area contributed by atoms with Gasteiger partial charge in [0.25, 0.3) is 0 Å². The Balaban J connectivity index is 1.29. The number of aliphatic imine (C=N–C) groups is 1. The molecule has 0 saturated carbocycles. The van der Waals surface area contributed by atoms with E-state index in [1.165, 1.54) is 42.3 Å². The minimum absolute atomic E-state index is 0.734. The van der Waals surface area contributed by atoms with Crippen LogP contribution in [0.15, 0.2) is 47.5 Å². The van der Waals surface area contributed by atoms with E-state index in [9.17, 15) is 0 Å². The number of rotatable bonds is 4. The fourth-order valence-corrected chi connectivity index (χ4v) is 4.80. The van der Waals surface area contributed by atoms with Crippen molar-refractivity contribution in [1.82, 2.24) is 20.0 Å². The van der Waals surface area contributed by atoms with Crippen molar-refractivity contribution in [3.05, 3.63) is 48.0 Å². The topological polar surface area (TPSA) is 34.1 Å². The monoisotopic (exact) mass is 393 g/mol. The molecule has 5 heteroatoms. The Kier molecular flexibility index (Phi) is 6.67. The second-order valence-corrected chi connectivity index (χ2v) is 8.60. The fourth-order valence-electron chi connectivity index (χ4n) is 4.80. The van der Waals surface area contributed by atoms with Crippen LogP contribution >= 0.6 is 0 Å². The Morgan fingerprint density at radius 1 is 1.03 bits per heavy atom. The van der Waals surface area contributed by atoms with Gasteiger partial charge in [-0.05, 0) is 48.7 Å². The van der Waals surface area contributed by atoms with Gasteiger partial charge in [0.1, 0.15) is 0 Å². The molecule has 0 bridgehead atoms. The number of likely N-dealkylation sites (tertiary alicyclic amines) is 1. The van der Waals surface area contributed by atoms with Gasteiger partial charge in [0.05, 0.1) is 0 Å². The summed E-state index contributed by atoms with van der Waals surface area (Å²) >= 11 is 0. The van der Waals surface area contributed by atoms with Crippen LogP contribution in [0.4, 0.5) is 0 Å². The molecule has 2 aliphatic heterocycles. The van der Waals surface area contributed by atoms with E-state index in [-0.39, 0.29) is 0 Å². The molecule has 0 aliphatic carbocycles. The Hall–Kier alpha value is -2.11. The quantitative estimate of drug-likeness (QED) is 0.640. The normalized spacial score (nSPS) is 22.2. The maximum Gasteiger partial charge on any atom is 0.193 e. The van der Waals surface area contributed by atoms with Gasteiger partial charge in [-0.25, -0.2) is 0 Å². The standard InChI is InChI=1S/C24H35N5/c1-25-24(26-17-20-7-6-12-27(2)18-20)29-15-13-28(14-16-29)19-22-10-5-9-21-8-3-4-11-23(21)22/h3-5,8-11,20H,6-7,12-19H2,1-2H3,(H,25,26). The molecule has 1 N–H and O–H groups in total. The van der Waals surface area contributed by atoms with Gasteiger partial charge in [0.2, 0.25) is 0 Å². The zero-order valence-corrected chi connectivity index (χ0v) is 18.0. The summed E-state index contributed by atoms with van der Waals surface area (Å²) in [6.45, 7) is 8.73. The third-order valence-corrected chi connectivity index (χ3v) is 6.43. The third-order valence-electron chi connectivity index (χ3n) is 6.43. The van der Waals surface area contributed by atoms with Gasteiger partial charge in [0.15, 0.2) is 5.96 Å². The van der Waals surface area contributed by atoms with Gasteiger partial charge in [-0.3, -0.25) is 9.89 Å². The van der Waals surface area contributed by atoms with Crippen molar-refractivity contribution >= 4 is 16.7 Å². The summed E-state index contributed by atoms with van der Waals surface area (Å²) in [5.41, 5.74) is 1.43. The Morgan fingerprint density at radius 2 is 1.83 bits per heavy atom. The lowest BCUT2D eigenvalue weighted by Gasteiger charge is -2.37. The summed E-state index contributed by atoms with van der Waals surface area (Å²) in [6.07, 6.45) is 2.64. The maximum atomic E-state index is 4.56. The maximum absolute atomic E-state index is 4.56. The van der Waals surface area contributed by atoms with Gasteiger partial charge in [-0.15, -0.1) is 0 Å². The predicted octanol–water partition coefficient (Wildman–Crippen LogP) is 2.87. The number of hydrogen-bond acceptors (Lipinski definition) is 3. The molecule has 2 aromatic carbocycles. The zero-order chi connectivity index (χ0) is 20.1. The molecule has 2 saturated heterocycles. The summed E-state index contributed by atoms with van der Waals surface area (Å²) in [5, 5.41) is 6.37. The number of hydrogen-bond donors (Lipinski definition) is 1. The lowest BCUT2D eigenvalue weighted by Crippen LogP contribution is -2.53. The molecule has 2 fully saturated rings. The van der Waals surface area contributed by atoms with Crippen LogP contribution in [0.3, 0.4) is 0 Å². The van der Waals surface area contributed by atoms with Crippen molar-refractivity contribution in [3.63, 3.8) is 0 Å². The first kappa shape index (κ1) is 20.2. The molecule has 5 nitrogen and oxygen atoms in total. The van der Waals surface area contributed by atoms with E-state index in [4.69, 9.17) is 0 Å². The third kappa shape index (κ3) is 5.09. The number of benzene rings is 2. The van der Waals surface area contributed by atoms with Crippen LogP contribution in [0.5, 0.6) is 0 Å². The summed E-state index contributed by atoms with van der Waals surface area (Å²) < 4.78 is 0. The molecule has 0 spiro atoms. The predicted molar refractivity (Wildman–Crippen MR) is 122 cm³/mol. The van der Waals surface area contributed by atoms with Crippen molar-refractivity contribution in [2.75, 3.05) is 59.9 Å². The molecule has 0 amide bonds. The number of nitrogens with zero attached hydrogens (tertiary/aromatic N) is 4. The van der Waals surface area contributed by atoms with Crippen LogP contribution in [0.1, 0.15) is 18.4 Å². The average molecular weight is 394 g/mol. The van der Waals surface area contributed by atoms with Crippen molar-refractivity contribution in [3.8, 4) is 0 Å². The number of piperazine rings is 1. The largest absolute Gasteiger partial charge is 0.356 e. The Bertz CT molecular complexity index is 820. The highest BCUT2D eigenvalue weighted by atomic mass is 15.3. The minimum atomic E-state index is 0.734. The second kappa shape index (κ2) is 9.59. The van der Waals surface area contributed by atoms with E-state index in [1.807, 2.05) is 7.05 Å². The van der Waals surface area contributed by atoms with E-state index < -0.39 is 0 Å². The van der Waals surface area contributed by atoms with Crippen LogP contribution in [-0.2, 0) is 6.54 Å². The molecule has 2 aliphatic rings. The first-order valence-corrected chi connectivity index (χ1v) is 11.1. The summed E-state index contributed by atoms with van der Waals surface area (Å²) in [4.78, 5) is 12.0. The van der Waals surface area contributed by atoms with Crippen molar-refractivity contribution in [2.45, 2.75) is 19.4 Å². The smallest absolute Gasteiger partial charge is 0.193 e. The zero-order valence-electron chi connectivity index (χ0n) is 18.0. The van der Waals surface area contributed by atoms with Gasteiger partial charge in [-0.1, -0.05) is 42.5 Å². The molecule has 1 atom stereocenters. The van der Waals surface area contributed by atoms with Crippen LogP contribution < -0.4 is 5.32 Å². The highest BCUT2D eigenvalue weighted by Crippen LogP contribution is 2.20. The summed E-state index contributed by atoms with van der Waals surface area (Å²) in [6, 6.07) is 15.4. The molecule has 29 heavy (non-hydrogen) atoms. The molecule has 4 rings (SSSR count). The van der Waals surface area contributed by atoms with Crippen LogP contribution in [0, 0.1) is 5.92 Å². The second-order valence-electron chi connectivity index (χ2n) is 8.60. The highest BCUT2D eigenvalue weighted by Gasteiger charge is 2.22. The molecule has 156 valence electrons. The lowest BCUT2D eigenvalue weighted by molar-refractivity contribution is 0.171. The number of piperidine rings is 1. The van der Waals surface area contributed by atoms with Gasteiger partial charge < -0.3 is 15.1 Å². The van der Waals surface area contributed by atoms with Crippen molar-refractivity contribution in [1.29, 1.82) is 0 Å². The van der Waals surface area contributed by atoms with Crippen molar-refractivity contribution < 1.29 is 0 Å². The molecule has 0 aromatic heterocycles. The molecular weight excluding hydrogens is 358 g/mol. The van der Waals surface area contributed by atoms with Crippen LogP contribution in [-0.4, -0.2) is 80.6 Å². The summed E-state index contributed by atoms with van der Waals surface area (Å²) in [5.74, 6) is 1.81. The van der Waals surface area contributed by atoms with E-state index in [0.717, 1.165) is 51.1 Å². The van der Waals surface area contributed by atoms with E-state index in [2.05, 4.69) is 74.5 Å². The van der Waals surface area contributed by atoms with Crippen LogP contribution in [0.25, 0.3) is 10.8 Å². The SMILES string of the molecule is CN=C(NCC1CCCN(C)C1)N1CCN(Cc2cccc3ccccc23)CC1. The van der Waals surface area contributed by atoms with E-state index >= 15 is 0 Å². The lowest BCUT2D eigenvalue weighted by atomic mass is 9.98. The van der Waals surface area contributed by atoms with Gasteiger partial charge in [-0.2, -0.15) is 0 Å². The molecular formula is C24H35N5. The summed E-state index contributed by atoms with van der Waals surface area (Å²) in [7, 11) is 4.15. The highest BCUT2D eigenvalue weighted by molar-refractivity contribution is 5.85. The molecule has 1 unspecified atom stereocenters. The molecule has 2 heterocycles. The molecule has 2 aromatic rings. The van der Waals surface area contributed by atoms with Crippen LogP contribution in [0.2, 0.25) is 0 Å². The number of guanidine groups is 1. The Labute approximate surface area is 175 Å². The van der Waals surface area contributed by atoms with E-state index in [1.54, 1.807) is 0 Å². The average Bonchev–Trinajstić information content (AvgIpc) is 2.76. The number of nitrogens with one attached hydrogen (secondary N) is 1. The van der Waals surface area contributed by atoms with Gasteiger partial charge >= 0.3 is 0 Å². The first-order chi connectivity index (χ1) is 14.2. The minimum Gasteiger partial charge on any atom is -0.356 e.